The topological polar surface area (TPSA) is 29.3 Å². The Morgan fingerprint density at radius 3 is 2.35 bits per heavy atom. The summed E-state index contributed by atoms with van der Waals surface area (Å²) in [6.45, 7) is 5.37. The minimum Gasteiger partial charge on any atom is -0.329 e. The van der Waals surface area contributed by atoms with Crippen molar-refractivity contribution in [3.63, 3.8) is 0 Å². The highest BCUT2D eigenvalue weighted by Crippen LogP contribution is 2.40. The van der Waals surface area contributed by atoms with Crippen LogP contribution in [0.3, 0.4) is 0 Å². The van der Waals surface area contributed by atoms with Crippen molar-refractivity contribution in [2.24, 2.45) is 5.73 Å². The highest BCUT2D eigenvalue weighted by molar-refractivity contribution is 5.20. The molecule has 1 aliphatic rings. The lowest BCUT2D eigenvalue weighted by molar-refractivity contribution is 0.0432. The third kappa shape index (κ3) is 3.07. The first kappa shape index (κ1) is 15.5. The Morgan fingerprint density at radius 2 is 1.85 bits per heavy atom. The Labute approximate surface area is 124 Å². The van der Waals surface area contributed by atoms with Crippen LogP contribution in [0.15, 0.2) is 30.3 Å². The molecule has 1 fully saturated rings. The van der Waals surface area contributed by atoms with Gasteiger partial charge in [-0.3, -0.25) is 4.90 Å². The van der Waals surface area contributed by atoms with Gasteiger partial charge < -0.3 is 5.73 Å². The van der Waals surface area contributed by atoms with E-state index in [1.165, 1.54) is 37.7 Å². The minimum atomic E-state index is 0.223. The van der Waals surface area contributed by atoms with Gasteiger partial charge in [0, 0.05) is 18.1 Å². The lowest BCUT2D eigenvalue weighted by Gasteiger charge is -2.48. The normalized spacial score (nSPS) is 28.6. The van der Waals surface area contributed by atoms with Gasteiger partial charge in [0.15, 0.2) is 0 Å². The quantitative estimate of drug-likeness (QED) is 0.885. The summed E-state index contributed by atoms with van der Waals surface area (Å²) in [7, 11) is 2.27. The van der Waals surface area contributed by atoms with Crippen LogP contribution in [0.5, 0.6) is 0 Å². The van der Waals surface area contributed by atoms with E-state index in [9.17, 15) is 0 Å². The van der Waals surface area contributed by atoms with Gasteiger partial charge in [-0.2, -0.15) is 0 Å². The summed E-state index contributed by atoms with van der Waals surface area (Å²) in [5.74, 6) is 0.723. The van der Waals surface area contributed by atoms with Gasteiger partial charge in [-0.05, 0) is 57.6 Å². The van der Waals surface area contributed by atoms with Crippen LogP contribution in [-0.4, -0.2) is 30.1 Å². The van der Waals surface area contributed by atoms with E-state index in [1.807, 2.05) is 0 Å². The molecule has 1 saturated carbocycles. The standard InChI is InChI=1S/C18H30N2/c1-4-15(2)20(3)18(14-19)12-10-17(11-13-18)16-8-6-5-7-9-16/h5-9,15,17H,4,10-14,19H2,1-3H3. The molecular weight excluding hydrogens is 244 g/mol. The maximum atomic E-state index is 6.17. The average molecular weight is 274 g/mol. The number of likely N-dealkylation sites (N-methyl/N-ethyl adjacent to an activating group) is 1. The van der Waals surface area contributed by atoms with E-state index in [0.717, 1.165) is 12.5 Å². The van der Waals surface area contributed by atoms with Crippen molar-refractivity contribution in [2.45, 2.75) is 63.5 Å². The molecule has 0 aliphatic heterocycles. The Hall–Kier alpha value is -0.860. The van der Waals surface area contributed by atoms with Crippen molar-refractivity contribution < 1.29 is 0 Å². The Kier molecular flexibility index (Phi) is 5.22. The summed E-state index contributed by atoms with van der Waals surface area (Å²) in [6, 6.07) is 11.6. The zero-order valence-electron chi connectivity index (χ0n) is 13.3. The van der Waals surface area contributed by atoms with Gasteiger partial charge in [-0.1, -0.05) is 37.3 Å². The lowest BCUT2D eigenvalue weighted by atomic mass is 9.73. The van der Waals surface area contributed by atoms with E-state index < -0.39 is 0 Å². The molecule has 2 nitrogen and oxygen atoms in total. The second-order valence-corrected chi connectivity index (χ2v) is 6.48. The first-order valence-corrected chi connectivity index (χ1v) is 8.11. The van der Waals surface area contributed by atoms with Crippen molar-refractivity contribution in [3.05, 3.63) is 35.9 Å². The van der Waals surface area contributed by atoms with E-state index in [4.69, 9.17) is 5.73 Å². The zero-order valence-corrected chi connectivity index (χ0v) is 13.3. The summed E-state index contributed by atoms with van der Waals surface area (Å²) < 4.78 is 0. The van der Waals surface area contributed by atoms with Gasteiger partial charge >= 0.3 is 0 Å². The molecule has 0 spiro atoms. The number of nitrogens with zero attached hydrogens (tertiary/aromatic N) is 1. The molecule has 1 aromatic carbocycles. The summed E-state index contributed by atoms with van der Waals surface area (Å²) >= 11 is 0. The molecule has 2 N–H and O–H groups in total. The van der Waals surface area contributed by atoms with Gasteiger partial charge in [-0.15, -0.1) is 0 Å². The van der Waals surface area contributed by atoms with Crippen molar-refractivity contribution in [1.29, 1.82) is 0 Å². The highest BCUT2D eigenvalue weighted by Gasteiger charge is 2.39. The number of benzene rings is 1. The maximum Gasteiger partial charge on any atom is 0.0331 e. The summed E-state index contributed by atoms with van der Waals surface area (Å²) in [6.07, 6.45) is 6.18. The summed E-state index contributed by atoms with van der Waals surface area (Å²) in [5.41, 5.74) is 7.90. The van der Waals surface area contributed by atoms with Crippen molar-refractivity contribution >= 4 is 0 Å². The average Bonchev–Trinajstić information content (AvgIpc) is 2.54. The van der Waals surface area contributed by atoms with Crippen LogP contribution >= 0.6 is 0 Å². The third-order valence-electron chi connectivity index (χ3n) is 5.57. The van der Waals surface area contributed by atoms with Gasteiger partial charge in [-0.25, -0.2) is 0 Å². The fraction of sp³-hybridized carbons (Fsp3) is 0.667. The van der Waals surface area contributed by atoms with Crippen LogP contribution in [0.25, 0.3) is 0 Å². The van der Waals surface area contributed by atoms with Crippen molar-refractivity contribution in [1.82, 2.24) is 4.90 Å². The molecule has 112 valence electrons. The van der Waals surface area contributed by atoms with E-state index in [-0.39, 0.29) is 5.54 Å². The summed E-state index contributed by atoms with van der Waals surface area (Å²) in [4.78, 5) is 2.55. The Morgan fingerprint density at radius 1 is 1.25 bits per heavy atom. The molecule has 1 aliphatic carbocycles. The van der Waals surface area contributed by atoms with Crippen LogP contribution in [0.2, 0.25) is 0 Å². The molecule has 0 bridgehead atoms. The molecule has 0 aromatic heterocycles. The van der Waals surface area contributed by atoms with Crippen LogP contribution in [0.1, 0.15) is 57.4 Å². The van der Waals surface area contributed by atoms with E-state index in [2.05, 4.69) is 56.1 Å². The maximum absolute atomic E-state index is 6.17. The molecule has 1 aromatic rings. The molecule has 2 rings (SSSR count). The van der Waals surface area contributed by atoms with Gasteiger partial charge in [0.2, 0.25) is 0 Å². The highest BCUT2D eigenvalue weighted by atomic mass is 15.2. The number of nitrogens with two attached hydrogens (primary N) is 1. The first-order valence-electron chi connectivity index (χ1n) is 8.11. The monoisotopic (exact) mass is 274 g/mol. The predicted molar refractivity (Wildman–Crippen MR) is 87.0 cm³/mol. The van der Waals surface area contributed by atoms with Gasteiger partial charge in [0.05, 0.1) is 0 Å². The van der Waals surface area contributed by atoms with Crippen molar-refractivity contribution in [3.8, 4) is 0 Å². The molecule has 1 unspecified atom stereocenters. The zero-order chi connectivity index (χ0) is 14.6. The van der Waals surface area contributed by atoms with Crippen LogP contribution in [0.4, 0.5) is 0 Å². The Bertz CT molecular complexity index is 393. The second-order valence-electron chi connectivity index (χ2n) is 6.48. The number of hydrogen-bond acceptors (Lipinski definition) is 2. The molecule has 0 heterocycles. The SMILES string of the molecule is CCC(C)N(C)C1(CN)CCC(c2ccccc2)CC1. The number of rotatable bonds is 5. The summed E-state index contributed by atoms with van der Waals surface area (Å²) in [5, 5.41) is 0. The third-order valence-corrected chi connectivity index (χ3v) is 5.57. The van der Waals surface area contributed by atoms with E-state index in [0.29, 0.717) is 6.04 Å². The fourth-order valence-electron chi connectivity index (χ4n) is 3.66. The van der Waals surface area contributed by atoms with E-state index in [1.54, 1.807) is 0 Å². The molecule has 0 radical (unpaired) electrons. The number of hydrogen-bond donors (Lipinski definition) is 1. The largest absolute Gasteiger partial charge is 0.329 e. The fourth-order valence-corrected chi connectivity index (χ4v) is 3.66. The molecule has 20 heavy (non-hydrogen) atoms. The first-order chi connectivity index (χ1) is 9.63. The second kappa shape index (κ2) is 6.73. The smallest absolute Gasteiger partial charge is 0.0331 e. The van der Waals surface area contributed by atoms with Gasteiger partial charge in [0.1, 0.15) is 0 Å². The van der Waals surface area contributed by atoms with Crippen LogP contribution in [0, 0.1) is 0 Å². The molecule has 0 saturated heterocycles. The van der Waals surface area contributed by atoms with E-state index >= 15 is 0 Å². The molecule has 0 amide bonds. The Balaban J connectivity index is 2.04. The molecule has 2 heteroatoms. The lowest BCUT2D eigenvalue weighted by Crippen LogP contribution is -2.56. The minimum absolute atomic E-state index is 0.223. The molecular formula is C18H30N2. The van der Waals surface area contributed by atoms with Gasteiger partial charge in [0.25, 0.3) is 0 Å². The van der Waals surface area contributed by atoms with Crippen LogP contribution in [-0.2, 0) is 0 Å². The van der Waals surface area contributed by atoms with Crippen molar-refractivity contribution in [2.75, 3.05) is 13.6 Å². The molecule has 1 atom stereocenters. The van der Waals surface area contributed by atoms with Crippen LogP contribution < -0.4 is 5.73 Å². The predicted octanol–water partition coefficient (Wildman–Crippen LogP) is 3.77.